The van der Waals surface area contributed by atoms with Gasteiger partial charge in [-0.05, 0) is 49.1 Å². The summed E-state index contributed by atoms with van der Waals surface area (Å²) in [6.45, 7) is 1.63. The van der Waals surface area contributed by atoms with E-state index >= 15 is 0 Å². The number of thioether (sulfide) groups is 1. The molecule has 0 atom stereocenters. The molecule has 1 aliphatic carbocycles. The van der Waals surface area contributed by atoms with Crippen LogP contribution in [0.1, 0.15) is 46.1 Å². The van der Waals surface area contributed by atoms with E-state index < -0.39 is 11.9 Å². The van der Waals surface area contributed by atoms with E-state index in [1.807, 2.05) is 19.1 Å². The zero-order valence-electron chi connectivity index (χ0n) is 15.0. The Bertz CT molecular complexity index is 899. The lowest BCUT2D eigenvalue weighted by atomic mass is 9.96. The minimum Gasteiger partial charge on any atom is -0.452 e. The fourth-order valence-corrected chi connectivity index (χ4v) is 5.11. The molecule has 140 valence electrons. The smallest absolute Gasteiger partial charge is 0.339 e. The number of fused-ring (bicyclic) bond motifs is 1. The second kappa shape index (κ2) is 9.07. The van der Waals surface area contributed by atoms with Crippen molar-refractivity contribution in [3.05, 3.63) is 45.8 Å². The van der Waals surface area contributed by atoms with Crippen molar-refractivity contribution in [1.82, 2.24) is 0 Å². The largest absolute Gasteiger partial charge is 0.452 e. The van der Waals surface area contributed by atoms with Crippen molar-refractivity contribution in [3.63, 3.8) is 0 Å². The van der Waals surface area contributed by atoms with Gasteiger partial charge in [-0.2, -0.15) is 5.26 Å². The minimum atomic E-state index is -0.521. The predicted octanol–water partition coefficient (Wildman–Crippen LogP) is 4.41. The van der Waals surface area contributed by atoms with Gasteiger partial charge in [0.25, 0.3) is 5.91 Å². The SMILES string of the molecule is CCSc1ccccc1C(=O)OCC(=O)Nc1sc2c(c1C#N)CCCC2. The first-order valence-corrected chi connectivity index (χ1v) is 10.7. The Balaban J connectivity index is 1.63. The third-order valence-corrected chi connectivity index (χ3v) is 6.44. The Morgan fingerprint density at radius 1 is 1.30 bits per heavy atom. The average molecular weight is 401 g/mol. The number of hydrogen-bond donors (Lipinski definition) is 1. The van der Waals surface area contributed by atoms with Crippen molar-refractivity contribution in [2.75, 3.05) is 17.7 Å². The summed E-state index contributed by atoms with van der Waals surface area (Å²) in [4.78, 5) is 26.6. The number of carbonyl (C=O) groups excluding carboxylic acids is 2. The predicted molar refractivity (Wildman–Crippen MR) is 107 cm³/mol. The summed E-state index contributed by atoms with van der Waals surface area (Å²) in [7, 11) is 0. The lowest BCUT2D eigenvalue weighted by molar-refractivity contribution is -0.119. The maximum atomic E-state index is 12.3. The number of nitrogens with zero attached hydrogens (tertiary/aromatic N) is 1. The van der Waals surface area contributed by atoms with Gasteiger partial charge in [-0.1, -0.05) is 19.1 Å². The van der Waals surface area contributed by atoms with E-state index in [0.29, 0.717) is 16.1 Å². The van der Waals surface area contributed by atoms with Gasteiger partial charge in [0.05, 0.1) is 11.1 Å². The number of thiophene rings is 1. The monoisotopic (exact) mass is 400 g/mol. The van der Waals surface area contributed by atoms with E-state index in [2.05, 4.69) is 11.4 Å². The molecule has 0 spiro atoms. The number of amides is 1. The van der Waals surface area contributed by atoms with Crippen molar-refractivity contribution in [2.45, 2.75) is 37.5 Å². The Morgan fingerprint density at radius 3 is 2.85 bits per heavy atom. The van der Waals surface area contributed by atoms with Crippen molar-refractivity contribution in [3.8, 4) is 6.07 Å². The van der Waals surface area contributed by atoms with Crippen LogP contribution in [0.3, 0.4) is 0 Å². The summed E-state index contributed by atoms with van der Waals surface area (Å²) in [5, 5.41) is 12.7. The summed E-state index contributed by atoms with van der Waals surface area (Å²) in [6.07, 6.45) is 4.01. The minimum absolute atomic E-state index is 0.378. The van der Waals surface area contributed by atoms with Crippen molar-refractivity contribution < 1.29 is 14.3 Å². The van der Waals surface area contributed by atoms with Crippen LogP contribution in [-0.4, -0.2) is 24.2 Å². The number of carbonyl (C=O) groups is 2. The molecule has 5 nitrogen and oxygen atoms in total. The molecular formula is C20H20N2O3S2. The molecule has 0 radical (unpaired) electrons. The number of hydrogen-bond acceptors (Lipinski definition) is 6. The van der Waals surface area contributed by atoms with Gasteiger partial charge >= 0.3 is 5.97 Å². The maximum Gasteiger partial charge on any atom is 0.339 e. The fraction of sp³-hybridized carbons (Fsp3) is 0.350. The van der Waals surface area contributed by atoms with E-state index in [-0.39, 0.29) is 6.61 Å². The lowest BCUT2D eigenvalue weighted by Gasteiger charge is -2.09. The lowest BCUT2D eigenvalue weighted by Crippen LogP contribution is -2.21. The molecule has 1 heterocycles. The number of benzene rings is 1. The van der Waals surface area contributed by atoms with Crippen molar-refractivity contribution >= 4 is 40.0 Å². The highest BCUT2D eigenvalue weighted by atomic mass is 32.2. The molecule has 7 heteroatoms. The van der Waals surface area contributed by atoms with Crippen molar-refractivity contribution in [1.29, 1.82) is 5.26 Å². The molecule has 0 saturated carbocycles. The molecule has 1 N–H and O–H groups in total. The number of esters is 1. The Hall–Kier alpha value is -2.30. The highest BCUT2D eigenvalue weighted by molar-refractivity contribution is 7.99. The summed E-state index contributed by atoms with van der Waals surface area (Å²) in [5.74, 6) is -0.114. The molecule has 27 heavy (non-hydrogen) atoms. The van der Waals surface area contributed by atoms with Gasteiger partial charge in [-0.25, -0.2) is 4.79 Å². The van der Waals surface area contributed by atoms with Gasteiger partial charge < -0.3 is 10.1 Å². The molecule has 1 amide bonds. The number of nitrogens with one attached hydrogen (secondary N) is 1. The summed E-state index contributed by atoms with van der Waals surface area (Å²) >= 11 is 3.01. The first-order chi connectivity index (χ1) is 13.1. The van der Waals surface area contributed by atoms with E-state index in [9.17, 15) is 14.9 Å². The van der Waals surface area contributed by atoms with Crippen LogP contribution >= 0.6 is 23.1 Å². The van der Waals surface area contributed by atoms with E-state index in [1.54, 1.807) is 23.9 Å². The second-order valence-corrected chi connectivity index (χ2v) is 8.49. The molecule has 1 aromatic carbocycles. The molecule has 0 fully saturated rings. The zero-order chi connectivity index (χ0) is 19.2. The topological polar surface area (TPSA) is 79.2 Å². The Labute approximate surface area is 166 Å². The summed E-state index contributed by atoms with van der Waals surface area (Å²) < 4.78 is 5.18. The van der Waals surface area contributed by atoms with Gasteiger partial charge in [-0.3, -0.25) is 4.79 Å². The third-order valence-electron chi connectivity index (χ3n) is 4.28. The molecule has 0 aliphatic heterocycles. The Kier molecular flexibility index (Phi) is 6.54. The Morgan fingerprint density at radius 2 is 2.07 bits per heavy atom. The molecule has 2 aromatic rings. The van der Waals surface area contributed by atoms with Gasteiger partial charge in [0, 0.05) is 9.77 Å². The average Bonchev–Trinajstić information content (AvgIpc) is 3.03. The van der Waals surface area contributed by atoms with E-state index in [0.717, 1.165) is 41.9 Å². The molecule has 0 saturated heterocycles. The zero-order valence-corrected chi connectivity index (χ0v) is 16.7. The second-order valence-electron chi connectivity index (χ2n) is 6.08. The standard InChI is InChI=1S/C20H20N2O3S2/c1-2-26-16-9-5-4-8-14(16)20(24)25-12-18(23)22-19-15(11-21)13-7-3-6-10-17(13)27-19/h4-5,8-9H,2-3,6-7,10,12H2,1H3,(H,22,23). The fourth-order valence-electron chi connectivity index (χ4n) is 3.06. The molecule has 3 rings (SSSR count). The molecular weight excluding hydrogens is 380 g/mol. The molecule has 1 aliphatic rings. The first kappa shape index (κ1) is 19.5. The normalized spacial score (nSPS) is 12.7. The number of ether oxygens (including phenoxy) is 1. The summed E-state index contributed by atoms with van der Waals surface area (Å²) in [5.41, 5.74) is 2.08. The number of rotatable bonds is 6. The van der Waals surface area contributed by atoms with Crippen LogP contribution in [0.4, 0.5) is 5.00 Å². The van der Waals surface area contributed by atoms with Gasteiger partial charge in [-0.15, -0.1) is 23.1 Å². The van der Waals surface area contributed by atoms with Gasteiger partial charge in [0.2, 0.25) is 0 Å². The van der Waals surface area contributed by atoms with Crippen LogP contribution < -0.4 is 5.32 Å². The van der Waals surface area contributed by atoms with E-state index in [4.69, 9.17) is 4.74 Å². The number of nitriles is 1. The molecule has 1 aromatic heterocycles. The van der Waals surface area contributed by atoms with Crippen molar-refractivity contribution in [2.24, 2.45) is 0 Å². The molecule has 0 unspecified atom stereocenters. The number of aryl methyl sites for hydroxylation is 1. The van der Waals surface area contributed by atoms with Crippen LogP contribution in [0.15, 0.2) is 29.2 Å². The van der Waals surface area contributed by atoms with E-state index in [1.165, 1.54) is 16.2 Å². The summed E-state index contributed by atoms with van der Waals surface area (Å²) in [6, 6.07) is 9.40. The third kappa shape index (κ3) is 4.52. The van der Waals surface area contributed by atoms with Crippen LogP contribution in [0, 0.1) is 11.3 Å². The van der Waals surface area contributed by atoms with Gasteiger partial charge in [0.15, 0.2) is 6.61 Å². The molecule has 0 bridgehead atoms. The highest BCUT2D eigenvalue weighted by Crippen LogP contribution is 2.37. The number of anilines is 1. The highest BCUT2D eigenvalue weighted by Gasteiger charge is 2.22. The van der Waals surface area contributed by atoms with Crippen LogP contribution in [0.25, 0.3) is 0 Å². The maximum absolute atomic E-state index is 12.3. The van der Waals surface area contributed by atoms with Crippen LogP contribution in [-0.2, 0) is 22.4 Å². The van der Waals surface area contributed by atoms with Gasteiger partial charge in [0.1, 0.15) is 11.1 Å². The van der Waals surface area contributed by atoms with Crippen LogP contribution in [0.2, 0.25) is 0 Å². The quantitative estimate of drug-likeness (QED) is 0.574. The van der Waals surface area contributed by atoms with Crippen LogP contribution in [0.5, 0.6) is 0 Å². The first-order valence-electron chi connectivity index (χ1n) is 8.87.